The van der Waals surface area contributed by atoms with E-state index in [1.165, 1.54) is 0 Å². The SMILES string of the molecule is NCC(c1cccnc1)n1ccnc1-c1ccccc1. The highest BCUT2D eigenvalue weighted by atomic mass is 15.1. The third-order valence-corrected chi connectivity index (χ3v) is 3.33. The van der Waals surface area contributed by atoms with Crippen molar-refractivity contribution in [3.8, 4) is 11.4 Å². The van der Waals surface area contributed by atoms with Crippen LogP contribution in [0.15, 0.2) is 67.3 Å². The lowest BCUT2D eigenvalue weighted by molar-refractivity contribution is 0.598. The van der Waals surface area contributed by atoms with Crippen molar-refractivity contribution in [3.63, 3.8) is 0 Å². The van der Waals surface area contributed by atoms with Crippen LogP contribution in [0.3, 0.4) is 0 Å². The van der Waals surface area contributed by atoms with Gasteiger partial charge in [0.2, 0.25) is 0 Å². The summed E-state index contributed by atoms with van der Waals surface area (Å²) < 4.78 is 2.10. The Labute approximate surface area is 117 Å². The summed E-state index contributed by atoms with van der Waals surface area (Å²) in [5.41, 5.74) is 8.14. The zero-order valence-corrected chi connectivity index (χ0v) is 11.1. The molecule has 0 aliphatic heterocycles. The average Bonchev–Trinajstić information content (AvgIpc) is 2.99. The molecule has 100 valence electrons. The number of nitrogens with two attached hydrogens (primary N) is 1. The Morgan fingerprint density at radius 1 is 1.05 bits per heavy atom. The number of aromatic nitrogens is 3. The van der Waals surface area contributed by atoms with Crippen molar-refractivity contribution >= 4 is 0 Å². The summed E-state index contributed by atoms with van der Waals surface area (Å²) >= 11 is 0. The van der Waals surface area contributed by atoms with Gasteiger partial charge in [-0.3, -0.25) is 4.98 Å². The van der Waals surface area contributed by atoms with Crippen LogP contribution in [0.2, 0.25) is 0 Å². The summed E-state index contributed by atoms with van der Waals surface area (Å²) in [5, 5.41) is 0. The Morgan fingerprint density at radius 3 is 2.60 bits per heavy atom. The van der Waals surface area contributed by atoms with E-state index in [1.807, 2.05) is 42.7 Å². The third-order valence-electron chi connectivity index (χ3n) is 3.33. The molecule has 4 nitrogen and oxygen atoms in total. The van der Waals surface area contributed by atoms with Crippen molar-refractivity contribution in [3.05, 3.63) is 72.8 Å². The Bertz CT molecular complexity index is 661. The standard InChI is InChI=1S/C16H16N4/c17-11-15(14-7-4-8-18-12-14)20-10-9-19-16(20)13-5-2-1-3-6-13/h1-10,12,15H,11,17H2. The molecular weight excluding hydrogens is 248 g/mol. The smallest absolute Gasteiger partial charge is 0.140 e. The Hall–Kier alpha value is -2.46. The summed E-state index contributed by atoms with van der Waals surface area (Å²) in [5.74, 6) is 0.921. The highest BCUT2D eigenvalue weighted by Gasteiger charge is 2.16. The van der Waals surface area contributed by atoms with E-state index in [0.717, 1.165) is 17.0 Å². The molecule has 1 unspecified atom stereocenters. The maximum Gasteiger partial charge on any atom is 0.140 e. The lowest BCUT2D eigenvalue weighted by Gasteiger charge is -2.19. The molecule has 1 atom stereocenters. The van der Waals surface area contributed by atoms with Crippen molar-refractivity contribution in [1.82, 2.24) is 14.5 Å². The Morgan fingerprint density at radius 2 is 1.90 bits per heavy atom. The van der Waals surface area contributed by atoms with Gasteiger partial charge in [-0.2, -0.15) is 0 Å². The number of imidazole rings is 1. The van der Waals surface area contributed by atoms with Gasteiger partial charge in [-0.1, -0.05) is 36.4 Å². The van der Waals surface area contributed by atoms with Crippen LogP contribution in [0.4, 0.5) is 0 Å². The lowest BCUT2D eigenvalue weighted by atomic mass is 10.1. The van der Waals surface area contributed by atoms with Crippen LogP contribution in [0.25, 0.3) is 11.4 Å². The summed E-state index contributed by atoms with van der Waals surface area (Å²) in [6.45, 7) is 0.502. The summed E-state index contributed by atoms with van der Waals surface area (Å²) in [6.07, 6.45) is 7.39. The van der Waals surface area contributed by atoms with Gasteiger partial charge in [-0.05, 0) is 11.6 Å². The van der Waals surface area contributed by atoms with Crippen LogP contribution in [-0.4, -0.2) is 21.1 Å². The quantitative estimate of drug-likeness (QED) is 0.787. The molecule has 2 aromatic heterocycles. The minimum atomic E-state index is 0.0430. The molecule has 3 rings (SSSR count). The van der Waals surface area contributed by atoms with E-state index >= 15 is 0 Å². The van der Waals surface area contributed by atoms with E-state index in [9.17, 15) is 0 Å². The molecule has 1 aromatic carbocycles. The second-order valence-electron chi connectivity index (χ2n) is 4.56. The van der Waals surface area contributed by atoms with Crippen LogP contribution in [0, 0.1) is 0 Å². The zero-order valence-electron chi connectivity index (χ0n) is 11.1. The number of hydrogen-bond acceptors (Lipinski definition) is 3. The summed E-state index contributed by atoms with van der Waals surface area (Å²) in [6, 6.07) is 14.1. The normalized spacial score (nSPS) is 12.2. The van der Waals surface area contributed by atoms with Crippen molar-refractivity contribution in [2.45, 2.75) is 6.04 Å². The summed E-state index contributed by atoms with van der Waals surface area (Å²) in [7, 11) is 0. The van der Waals surface area contributed by atoms with Crippen molar-refractivity contribution in [2.75, 3.05) is 6.54 Å². The average molecular weight is 264 g/mol. The van der Waals surface area contributed by atoms with Crippen LogP contribution >= 0.6 is 0 Å². The second-order valence-corrected chi connectivity index (χ2v) is 4.56. The molecule has 2 heterocycles. The minimum absolute atomic E-state index is 0.0430. The highest BCUT2D eigenvalue weighted by molar-refractivity contribution is 5.55. The van der Waals surface area contributed by atoms with E-state index < -0.39 is 0 Å². The molecule has 4 heteroatoms. The van der Waals surface area contributed by atoms with Gasteiger partial charge in [0, 0.05) is 36.9 Å². The molecule has 0 aliphatic carbocycles. The van der Waals surface area contributed by atoms with Gasteiger partial charge in [-0.25, -0.2) is 4.98 Å². The predicted molar refractivity (Wildman–Crippen MR) is 79.1 cm³/mol. The fourth-order valence-electron chi connectivity index (χ4n) is 2.36. The number of rotatable bonds is 4. The molecule has 0 spiro atoms. The minimum Gasteiger partial charge on any atom is -0.328 e. The molecule has 0 radical (unpaired) electrons. The molecule has 0 saturated carbocycles. The molecule has 2 N–H and O–H groups in total. The lowest BCUT2D eigenvalue weighted by Crippen LogP contribution is -2.20. The van der Waals surface area contributed by atoms with Crippen molar-refractivity contribution in [2.24, 2.45) is 5.73 Å². The van der Waals surface area contributed by atoms with Gasteiger partial charge in [-0.15, -0.1) is 0 Å². The molecule has 20 heavy (non-hydrogen) atoms. The number of nitrogens with zero attached hydrogens (tertiary/aromatic N) is 3. The van der Waals surface area contributed by atoms with Gasteiger partial charge in [0.25, 0.3) is 0 Å². The second kappa shape index (κ2) is 5.67. The van der Waals surface area contributed by atoms with Crippen LogP contribution in [0.5, 0.6) is 0 Å². The molecule has 3 aromatic rings. The van der Waals surface area contributed by atoms with Crippen LogP contribution in [-0.2, 0) is 0 Å². The van der Waals surface area contributed by atoms with Gasteiger partial charge in [0.15, 0.2) is 0 Å². The van der Waals surface area contributed by atoms with E-state index in [4.69, 9.17) is 5.73 Å². The maximum atomic E-state index is 5.97. The van der Waals surface area contributed by atoms with Gasteiger partial charge < -0.3 is 10.3 Å². The zero-order chi connectivity index (χ0) is 13.8. The van der Waals surface area contributed by atoms with Gasteiger partial charge in [0.1, 0.15) is 5.82 Å². The maximum absolute atomic E-state index is 5.97. The number of pyridine rings is 1. The molecular formula is C16H16N4. The monoisotopic (exact) mass is 264 g/mol. The van der Waals surface area contributed by atoms with Gasteiger partial charge in [0.05, 0.1) is 6.04 Å². The first-order valence-corrected chi connectivity index (χ1v) is 6.58. The summed E-state index contributed by atoms with van der Waals surface area (Å²) in [4.78, 5) is 8.64. The molecule has 0 fully saturated rings. The fraction of sp³-hybridized carbons (Fsp3) is 0.125. The molecule has 0 aliphatic rings. The van der Waals surface area contributed by atoms with Crippen LogP contribution < -0.4 is 5.73 Å². The topological polar surface area (TPSA) is 56.7 Å². The van der Waals surface area contributed by atoms with E-state index in [2.05, 4.69) is 26.7 Å². The molecule has 0 amide bonds. The predicted octanol–water partition coefficient (Wildman–Crippen LogP) is 2.49. The van der Waals surface area contributed by atoms with E-state index in [1.54, 1.807) is 12.4 Å². The first kappa shape index (κ1) is 12.6. The largest absolute Gasteiger partial charge is 0.328 e. The highest BCUT2D eigenvalue weighted by Crippen LogP contribution is 2.24. The van der Waals surface area contributed by atoms with E-state index in [-0.39, 0.29) is 6.04 Å². The van der Waals surface area contributed by atoms with Gasteiger partial charge >= 0.3 is 0 Å². The van der Waals surface area contributed by atoms with E-state index in [0.29, 0.717) is 6.54 Å². The Balaban J connectivity index is 2.04. The molecule has 0 saturated heterocycles. The van der Waals surface area contributed by atoms with Crippen molar-refractivity contribution < 1.29 is 0 Å². The fourth-order valence-corrected chi connectivity index (χ4v) is 2.36. The molecule has 0 bridgehead atoms. The van der Waals surface area contributed by atoms with Crippen molar-refractivity contribution in [1.29, 1.82) is 0 Å². The Kier molecular flexibility index (Phi) is 3.56. The number of hydrogen-bond donors (Lipinski definition) is 1. The van der Waals surface area contributed by atoms with Crippen LogP contribution in [0.1, 0.15) is 11.6 Å². The first-order valence-electron chi connectivity index (χ1n) is 6.58. The first-order chi connectivity index (χ1) is 9.90. The third kappa shape index (κ3) is 2.33. The number of benzene rings is 1.